The summed E-state index contributed by atoms with van der Waals surface area (Å²) in [6, 6.07) is 14.7. The molecule has 2 aromatic rings. The lowest BCUT2D eigenvalue weighted by molar-refractivity contribution is 0.0934. The van der Waals surface area contributed by atoms with Crippen LogP contribution < -0.4 is 5.32 Å². The maximum atomic E-state index is 13.9. The van der Waals surface area contributed by atoms with Crippen LogP contribution in [0.4, 0.5) is 4.39 Å². The highest BCUT2D eigenvalue weighted by atomic mass is 79.9. The van der Waals surface area contributed by atoms with E-state index in [0.29, 0.717) is 11.0 Å². The minimum absolute atomic E-state index is 0.0672. The molecule has 3 nitrogen and oxygen atoms in total. The van der Waals surface area contributed by atoms with Crippen LogP contribution in [0.3, 0.4) is 0 Å². The minimum Gasteiger partial charge on any atom is -0.350 e. The molecule has 1 heterocycles. The summed E-state index contributed by atoms with van der Waals surface area (Å²) < 4.78 is 14.6. The molecule has 1 amide bonds. The first kappa shape index (κ1) is 17.1. The molecule has 0 aliphatic carbocycles. The van der Waals surface area contributed by atoms with Gasteiger partial charge in [-0.2, -0.15) is 0 Å². The Kier molecular flexibility index (Phi) is 5.63. The maximum absolute atomic E-state index is 13.9. The standard InChI is InChI=1S/C19H20BrFN2O/c20-15-8-9-17(21)16(12-15)19(24)22-13-18(23-10-4-5-11-23)14-6-2-1-3-7-14/h1-3,6-9,12,18H,4-5,10-11,13H2,(H,22,24). The lowest BCUT2D eigenvalue weighted by Gasteiger charge is -2.28. The van der Waals surface area contributed by atoms with Gasteiger partial charge in [0.25, 0.3) is 5.91 Å². The molecule has 1 atom stereocenters. The predicted molar refractivity (Wildman–Crippen MR) is 96.4 cm³/mol. The zero-order valence-electron chi connectivity index (χ0n) is 13.3. The Morgan fingerprint density at radius 3 is 2.58 bits per heavy atom. The Morgan fingerprint density at radius 1 is 1.17 bits per heavy atom. The van der Waals surface area contributed by atoms with E-state index < -0.39 is 5.82 Å². The highest BCUT2D eigenvalue weighted by Gasteiger charge is 2.24. The Bertz CT molecular complexity index is 702. The van der Waals surface area contributed by atoms with E-state index in [0.717, 1.165) is 13.1 Å². The van der Waals surface area contributed by atoms with Gasteiger partial charge in [0, 0.05) is 11.0 Å². The van der Waals surface area contributed by atoms with Crippen molar-refractivity contribution in [2.45, 2.75) is 18.9 Å². The van der Waals surface area contributed by atoms with Crippen LogP contribution in [-0.2, 0) is 0 Å². The molecule has 0 radical (unpaired) electrons. The van der Waals surface area contributed by atoms with Crippen LogP contribution in [0.5, 0.6) is 0 Å². The summed E-state index contributed by atoms with van der Waals surface area (Å²) >= 11 is 3.28. The number of nitrogens with zero attached hydrogens (tertiary/aromatic N) is 1. The van der Waals surface area contributed by atoms with Crippen LogP contribution in [0.1, 0.15) is 34.8 Å². The Balaban J connectivity index is 1.73. The summed E-state index contributed by atoms with van der Waals surface area (Å²) in [5.41, 5.74) is 1.24. The van der Waals surface area contributed by atoms with Crippen LogP contribution in [0.15, 0.2) is 53.0 Å². The van der Waals surface area contributed by atoms with Gasteiger partial charge in [-0.3, -0.25) is 9.69 Å². The first-order chi connectivity index (χ1) is 11.6. The van der Waals surface area contributed by atoms with Crippen molar-refractivity contribution in [2.75, 3.05) is 19.6 Å². The van der Waals surface area contributed by atoms with E-state index in [1.54, 1.807) is 6.07 Å². The van der Waals surface area contributed by atoms with Gasteiger partial charge in [0.15, 0.2) is 0 Å². The summed E-state index contributed by atoms with van der Waals surface area (Å²) in [4.78, 5) is 14.8. The van der Waals surface area contributed by atoms with E-state index in [9.17, 15) is 9.18 Å². The number of nitrogens with one attached hydrogen (secondary N) is 1. The van der Waals surface area contributed by atoms with E-state index in [1.165, 1.54) is 30.5 Å². The molecular weight excluding hydrogens is 371 g/mol. The van der Waals surface area contributed by atoms with Crippen molar-refractivity contribution >= 4 is 21.8 Å². The SMILES string of the molecule is O=C(NCC(c1ccccc1)N1CCCC1)c1cc(Br)ccc1F. The molecule has 1 fully saturated rings. The fourth-order valence-corrected chi connectivity index (χ4v) is 3.50. The molecule has 0 bridgehead atoms. The van der Waals surface area contributed by atoms with E-state index in [1.807, 2.05) is 18.2 Å². The zero-order valence-corrected chi connectivity index (χ0v) is 14.9. The van der Waals surface area contributed by atoms with Crippen molar-refractivity contribution in [2.24, 2.45) is 0 Å². The molecule has 1 saturated heterocycles. The molecule has 0 aromatic heterocycles. The van der Waals surface area contributed by atoms with Crippen LogP contribution in [0, 0.1) is 5.82 Å². The molecule has 2 aromatic carbocycles. The van der Waals surface area contributed by atoms with Crippen LogP contribution >= 0.6 is 15.9 Å². The number of benzene rings is 2. The third-order valence-electron chi connectivity index (χ3n) is 4.39. The Labute approximate surface area is 150 Å². The first-order valence-corrected chi connectivity index (χ1v) is 8.96. The van der Waals surface area contributed by atoms with Gasteiger partial charge in [-0.25, -0.2) is 4.39 Å². The molecule has 1 unspecified atom stereocenters. The Hall–Kier alpha value is -1.72. The summed E-state index contributed by atoms with van der Waals surface area (Å²) in [6.45, 7) is 2.52. The minimum atomic E-state index is -0.506. The van der Waals surface area contributed by atoms with Crippen molar-refractivity contribution in [3.8, 4) is 0 Å². The second-order valence-electron chi connectivity index (χ2n) is 6.00. The number of hydrogen-bond donors (Lipinski definition) is 1. The molecular formula is C19H20BrFN2O. The second-order valence-corrected chi connectivity index (χ2v) is 6.92. The van der Waals surface area contributed by atoms with Crippen LogP contribution in [0.2, 0.25) is 0 Å². The molecule has 3 rings (SSSR count). The van der Waals surface area contributed by atoms with Crippen molar-refractivity contribution in [3.63, 3.8) is 0 Å². The van der Waals surface area contributed by atoms with Gasteiger partial charge in [0.1, 0.15) is 5.82 Å². The summed E-state index contributed by atoms with van der Waals surface area (Å²) in [7, 11) is 0. The van der Waals surface area contributed by atoms with E-state index in [2.05, 4.69) is 38.3 Å². The second kappa shape index (κ2) is 7.90. The Morgan fingerprint density at radius 2 is 1.88 bits per heavy atom. The highest BCUT2D eigenvalue weighted by Crippen LogP contribution is 2.24. The smallest absolute Gasteiger partial charge is 0.254 e. The van der Waals surface area contributed by atoms with Gasteiger partial charge in [0.05, 0.1) is 11.6 Å². The normalized spacial score (nSPS) is 16.1. The van der Waals surface area contributed by atoms with E-state index in [-0.39, 0.29) is 17.5 Å². The molecule has 5 heteroatoms. The van der Waals surface area contributed by atoms with Gasteiger partial charge in [0.2, 0.25) is 0 Å². The van der Waals surface area contributed by atoms with E-state index >= 15 is 0 Å². The number of carbonyl (C=O) groups excluding carboxylic acids is 1. The molecule has 1 aliphatic rings. The zero-order chi connectivity index (χ0) is 16.9. The van der Waals surface area contributed by atoms with Crippen molar-refractivity contribution in [1.29, 1.82) is 0 Å². The highest BCUT2D eigenvalue weighted by molar-refractivity contribution is 9.10. The van der Waals surface area contributed by atoms with Crippen LogP contribution in [-0.4, -0.2) is 30.4 Å². The molecule has 24 heavy (non-hydrogen) atoms. The summed E-state index contributed by atoms with van der Waals surface area (Å²) in [5, 5.41) is 2.90. The first-order valence-electron chi connectivity index (χ1n) is 8.17. The van der Waals surface area contributed by atoms with Gasteiger partial charge < -0.3 is 5.32 Å². The molecule has 0 saturated carbocycles. The maximum Gasteiger partial charge on any atom is 0.254 e. The van der Waals surface area contributed by atoms with Gasteiger partial charge in [-0.15, -0.1) is 0 Å². The lowest BCUT2D eigenvalue weighted by Crippen LogP contribution is -2.37. The molecule has 1 aliphatic heterocycles. The van der Waals surface area contributed by atoms with Crippen molar-refractivity contribution in [1.82, 2.24) is 10.2 Å². The molecule has 1 N–H and O–H groups in total. The van der Waals surface area contributed by atoms with Gasteiger partial charge >= 0.3 is 0 Å². The van der Waals surface area contributed by atoms with E-state index in [4.69, 9.17) is 0 Å². The third kappa shape index (κ3) is 4.02. The van der Waals surface area contributed by atoms with Crippen LogP contribution in [0.25, 0.3) is 0 Å². The fourth-order valence-electron chi connectivity index (χ4n) is 3.14. The van der Waals surface area contributed by atoms with Crippen molar-refractivity contribution in [3.05, 3.63) is 69.9 Å². The average Bonchev–Trinajstić information content (AvgIpc) is 3.12. The largest absolute Gasteiger partial charge is 0.350 e. The molecule has 0 spiro atoms. The monoisotopic (exact) mass is 390 g/mol. The number of carbonyl (C=O) groups is 1. The summed E-state index contributed by atoms with van der Waals surface area (Å²) in [6.07, 6.45) is 2.36. The topological polar surface area (TPSA) is 32.3 Å². The quantitative estimate of drug-likeness (QED) is 0.831. The predicted octanol–water partition coefficient (Wildman–Crippen LogP) is 4.16. The number of likely N-dealkylation sites (tertiary alicyclic amines) is 1. The number of rotatable bonds is 5. The number of hydrogen-bond acceptors (Lipinski definition) is 2. The van der Waals surface area contributed by atoms with Gasteiger partial charge in [-0.1, -0.05) is 46.3 Å². The lowest BCUT2D eigenvalue weighted by atomic mass is 10.1. The fraction of sp³-hybridized carbons (Fsp3) is 0.316. The third-order valence-corrected chi connectivity index (χ3v) is 4.89. The van der Waals surface area contributed by atoms with Crippen molar-refractivity contribution < 1.29 is 9.18 Å². The number of amides is 1. The summed E-state index contributed by atoms with van der Waals surface area (Å²) in [5.74, 6) is -0.887. The number of halogens is 2. The average molecular weight is 391 g/mol. The molecule has 126 valence electrons. The van der Waals surface area contributed by atoms with Gasteiger partial charge in [-0.05, 0) is 49.7 Å².